The largest absolute Gasteiger partial charge is 0.478 e. The molecule has 0 radical (unpaired) electrons. The number of nitrogens with zero attached hydrogens (tertiary/aromatic N) is 1. The van der Waals surface area contributed by atoms with Crippen molar-refractivity contribution in [2.75, 3.05) is 24.2 Å². The molecule has 7 heteroatoms. The molecule has 140 valence electrons. The van der Waals surface area contributed by atoms with Gasteiger partial charge in [-0.05, 0) is 43.2 Å². The summed E-state index contributed by atoms with van der Waals surface area (Å²) in [4.78, 5) is 38.5. The molecular formula is C20H20N2O4S. The lowest BCUT2D eigenvalue weighted by Gasteiger charge is -2.15. The van der Waals surface area contributed by atoms with E-state index in [9.17, 15) is 14.4 Å². The first-order valence-electron chi connectivity index (χ1n) is 8.69. The summed E-state index contributed by atoms with van der Waals surface area (Å²) < 4.78 is 0. The van der Waals surface area contributed by atoms with Crippen LogP contribution in [0.3, 0.4) is 0 Å². The van der Waals surface area contributed by atoms with E-state index in [0.717, 1.165) is 30.8 Å². The smallest absolute Gasteiger partial charge is 0.335 e. The van der Waals surface area contributed by atoms with Crippen LogP contribution < -0.4 is 5.32 Å². The molecule has 2 amide bonds. The summed E-state index contributed by atoms with van der Waals surface area (Å²) in [6.45, 7) is 1.61. The van der Waals surface area contributed by atoms with Gasteiger partial charge < -0.3 is 15.3 Å². The Morgan fingerprint density at radius 1 is 1.04 bits per heavy atom. The highest BCUT2D eigenvalue weighted by molar-refractivity contribution is 8.00. The van der Waals surface area contributed by atoms with Gasteiger partial charge in [0.1, 0.15) is 0 Å². The maximum atomic E-state index is 12.6. The molecule has 0 aliphatic carbocycles. The number of carboxylic acid groups (broad SMARTS) is 1. The number of likely N-dealkylation sites (tertiary alicyclic amines) is 1. The number of nitrogens with one attached hydrogen (secondary N) is 1. The fourth-order valence-electron chi connectivity index (χ4n) is 2.91. The lowest BCUT2D eigenvalue weighted by Crippen LogP contribution is -2.29. The Balaban J connectivity index is 1.69. The molecule has 2 N–H and O–H groups in total. The van der Waals surface area contributed by atoms with Crippen LogP contribution in [0.25, 0.3) is 0 Å². The van der Waals surface area contributed by atoms with Crippen LogP contribution in [0.4, 0.5) is 5.69 Å². The molecule has 2 aromatic carbocycles. The molecule has 3 rings (SSSR count). The monoisotopic (exact) mass is 384 g/mol. The molecule has 6 nitrogen and oxygen atoms in total. The van der Waals surface area contributed by atoms with Crippen LogP contribution in [0.5, 0.6) is 0 Å². The van der Waals surface area contributed by atoms with Crippen molar-refractivity contribution in [1.82, 2.24) is 4.90 Å². The Labute approximate surface area is 161 Å². The highest BCUT2D eigenvalue weighted by Crippen LogP contribution is 2.25. The number of anilines is 1. The second-order valence-electron chi connectivity index (χ2n) is 6.21. The van der Waals surface area contributed by atoms with Crippen LogP contribution in [-0.4, -0.2) is 46.6 Å². The second-order valence-corrected chi connectivity index (χ2v) is 7.23. The third-order valence-electron chi connectivity index (χ3n) is 4.31. The number of thioether (sulfide) groups is 1. The Bertz CT molecular complexity index is 863. The average molecular weight is 384 g/mol. The molecule has 1 saturated heterocycles. The van der Waals surface area contributed by atoms with Gasteiger partial charge in [-0.2, -0.15) is 0 Å². The zero-order valence-electron chi connectivity index (χ0n) is 14.7. The topological polar surface area (TPSA) is 86.7 Å². The highest BCUT2D eigenvalue weighted by Gasteiger charge is 2.19. The molecule has 1 heterocycles. The van der Waals surface area contributed by atoms with Gasteiger partial charge in [-0.25, -0.2) is 4.79 Å². The molecule has 1 aliphatic heterocycles. The van der Waals surface area contributed by atoms with E-state index < -0.39 is 5.97 Å². The number of carbonyl (C=O) groups excluding carboxylic acids is 2. The zero-order chi connectivity index (χ0) is 19.2. The second kappa shape index (κ2) is 8.73. The van der Waals surface area contributed by atoms with Crippen LogP contribution in [0, 0.1) is 0 Å². The summed E-state index contributed by atoms with van der Waals surface area (Å²) in [5.74, 6) is -1.02. The van der Waals surface area contributed by atoms with E-state index in [0.29, 0.717) is 17.0 Å². The van der Waals surface area contributed by atoms with Crippen LogP contribution in [-0.2, 0) is 4.79 Å². The summed E-state index contributed by atoms with van der Waals surface area (Å²) in [5.41, 5.74) is 0.969. The maximum Gasteiger partial charge on any atom is 0.335 e. The number of amides is 2. The summed E-state index contributed by atoms with van der Waals surface area (Å²) in [6, 6.07) is 13.2. The van der Waals surface area contributed by atoms with Crippen molar-refractivity contribution in [3.05, 3.63) is 59.7 Å². The van der Waals surface area contributed by atoms with E-state index in [-0.39, 0.29) is 17.4 Å². The Morgan fingerprint density at radius 3 is 2.52 bits per heavy atom. The van der Waals surface area contributed by atoms with E-state index in [4.69, 9.17) is 5.11 Å². The van der Waals surface area contributed by atoms with E-state index in [1.165, 1.54) is 23.9 Å². The normalized spacial score (nSPS) is 13.4. The van der Waals surface area contributed by atoms with Crippen molar-refractivity contribution in [2.24, 2.45) is 0 Å². The molecule has 0 bridgehead atoms. The third-order valence-corrected chi connectivity index (χ3v) is 5.37. The van der Waals surface area contributed by atoms with Crippen molar-refractivity contribution < 1.29 is 19.5 Å². The first-order chi connectivity index (χ1) is 13.0. The summed E-state index contributed by atoms with van der Waals surface area (Å²) in [7, 11) is 0. The van der Waals surface area contributed by atoms with Crippen LogP contribution in [0.1, 0.15) is 33.6 Å². The number of benzene rings is 2. The Hall–Kier alpha value is -2.80. The highest BCUT2D eigenvalue weighted by atomic mass is 32.2. The van der Waals surface area contributed by atoms with Crippen molar-refractivity contribution in [3.8, 4) is 0 Å². The van der Waals surface area contributed by atoms with E-state index in [2.05, 4.69) is 5.32 Å². The lowest BCUT2D eigenvalue weighted by atomic mass is 10.1. The van der Waals surface area contributed by atoms with Gasteiger partial charge in [0.15, 0.2) is 0 Å². The number of carbonyl (C=O) groups is 3. The molecule has 1 fully saturated rings. The summed E-state index contributed by atoms with van der Waals surface area (Å²) in [5, 5.41) is 11.8. The minimum atomic E-state index is -1.05. The van der Waals surface area contributed by atoms with Gasteiger partial charge in [-0.3, -0.25) is 9.59 Å². The summed E-state index contributed by atoms with van der Waals surface area (Å²) in [6.07, 6.45) is 2.09. The molecule has 0 unspecified atom stereocenters. The van der Waals surface area contributed by atoms with Gasteiger partial charge in [0.25, 0.3) is 5.91 Å². The molecule has 0 aromatic heterocycles. The number of hydrogen-bond acceptors (Lipinski definition) is 4. The van der Waals surface area contributed by atoms with Crippen molar-refractivity contribution in [1.29, 1.82) is 0 Å². The van der Waals surface area contributed by atoms with Gasteiger partial charge in [-0.1, -0.05) is 18.2 Å². The molecule has 0 spiro atoms. The Kier molecular flexibility index (Phi) is 6.13. The van der Waals surface area contributed by atoms with Crippen molar-refractivity contribution >= 4 is 35.2 Å². The van der Waals surface area contributed by atoms with Gasteiger partial charge in [0.2, 0.25) is 5.91 Å². The SMILES string of the molecule is O=C(O)c1cccc(NC(=O)c2ccccc2SCC(=O)N2CCCC2)c1. The quantitative estimate of drug-likeness (QED) is 0.746. The van der Waals surface area contributed by atoms with Gasteiger partial charge in [0.05, 0.1) is 16.9 Å². The van der Waals surface area contributed by atoms with E-state index in [1.54, 1.807) is 24.3 Å². The molecule has 0 saturated carbocycles. The fraction of sp³-hybridized carbons (Fsp3) is 0.250. The predicted molar refractivity (Wildman–Crippen MR) is 104 cm³/mol. The molecule has 27 heavy (non-hydrogen) atoms. The standard InChI is InChI=1S/C20H20N2O4S/c23-18(22-10-3-4-11-22)13-27-17-9-2-1-8-16(17)19(24)21-15-7-5-6-14(12-15)20(25)26/h1-2,5-9,12H,3-4,10-11,13H2,(H,21,24)(H,25,26). The van der Waals surface area contributed by atoms with Crippen molar-refractivity contribution in [3.63, 3.8) is 0 Å². The maximum absolute atomic E-state index is 12.6. The summed E-state index contributed by atoms with van der Waals surface area (Å²) >= 11 is 1.34. The number of aromatic carboxylic acids is 1. The van der Waals surface area contributed by atoms with Crippen LogP contribution in [0.2, 0.25) is 0 Å². The minimum absolute atomic E-state index is 0.0851. The van der Waals surface area contributed by atoms with Gasteiger partial charge in [0, 0.05) is 23.7 Å². The van der Waals surface area contributed by atoms with Gasteiger partial charge >= 0.3 is 5.97 Å². The number of rotatable bonds is 6. The van der Waals surface area contributed by atoms with Crippen molar-refractivity contribution in [2.45, 2.75) is 17.7 Å². The fourth-order valence-corrected chi connectivity index (χ4v) is 3.86. The molecule has 0 atom stereocenters. The van der Waals surface area contributed by atoms with E-state index in [1.807, 2.05) is 17.0 Å². The zero-order valence-corrected chi connectivity index (χ0v) is 15.5. The molecule has 2 aromatic rings. The van der Waals surface area contributed by atoms with Crippen LogP contribution >= 0.6 is 11.8 Å². The number of carboxylic acids is 1. The third kappa shape index (κ3) is 4.89. The lowest BCUT2D eigenvalue weighted by molar-refractivity contribution is -0.127. The molecule has 1 aliphatic rings. The van der Waals surface area contributed by atoms with E-state index >= 15 is 0 Å². The minimum Gasteiger partial charge on any atom is -0.478 e. The first kappa shape index (κ1) is 19.0. The Morgan fingerprint density at radius 2 is 1.78 bits per heavy atom. The number of hydrogen-bond donors (Lipinski definition) is 2. The average Bonchev–Trinajstić information content (AvgIpc) is 3.21. The van der Waals surface area contributed by atoms with Gasteiger partial charge in [-0.15, -0.1) is 11.8 Å². The first-order valence-corrected chi connectivity index (χ1v) is 9.67. The van der Waals surface area contributed by atoms with Crippen LogP contribution in [0.15, 0.2) is 53.4 Å². The molecular weight excluding hydrogens is 364 g/mol. The predicted octanol–water partition coefficient (Wildman–Crippen LogP) is 3.35.